The van der Waals surface area contributed by atoms with E-state index in [4.69, 9.17) is 18.7 Å². The van der Waals surface area contributed by atoms with E-state index in [2.05, 4.69) is 4.52 Å². The molecule has 2 fully saturated rings. The molecule has 18 heavy (non-hydrogen) atoms. The molecule has 0 aromatic heterocycles. The van der Waals surface area contributed by atoms with Gasteiger partial charge in [0.15, 0.2) is 0 Å². The minimum Gasteiger partial charge on any atom is -0.382 e. The van der Waals surface area contributed by atoms with E-state index in [1.165, 1.54) is 0 Å². The smallest absolute Gasteiger partial charge is 0.382 e. The largest absolute Gasteiger partial charge is 0.472 e. The molecular formula is C10H19O7P. The average molecular weight is 282 g/mol. The number of rotatable bonds is 5. The number of phosphoric acid groups is 1. The highest BCUT2D eigenvalue weighted by Gasteiger charge is 2.59. The second-order valence-corrected chi connectivity index (χ2v) is 6.10. The highest BCUT2D eigenvalue weighted by atomic mass is 31.2. The predicted octanol–water partition coefficient (Wildman–Crippen LogP) is 0.711. The van der Waals surface area contributed by atoms with Gasteiger partial charge in [-0.3, -0.25) is 9.05 Å². The molecule has 0 saturated carbocycles. The zero-order valence-electron chi connectivity index (χ0n) is 10.7. The van der Waals surface area contributed by atoms with Gasteiger partial charge in [-0.2, -0.15) is 0 Å². The van der Waals surface area contributed by atoms with Crippen LogP contribution in [0.5, 0.6) is 0 Å². The number of hydrogen-bond acceptors (Lipinski definition) is 6. The molecule has 5 atom stereocenters. The molecule has 7 nitrogen and oxygen atoms in total. The van der Waals surface area contributed by atoms with Crippen LogP contribution in [0, 0.1) is 0 Å². The SMILES string of the molecule is COC[C@@]12CCO[C@H]([C@H](C)O1)[C@H]2OP(=O)(O)OC. The van der Waals surface area contributed by atoms with Crippen LogP contribution >= 0.6 is 7.82 Å². The summed E-state index contributed by atoms with van der Waals surface area (Å²) in [5.41, 5.74) is -0.742. The van der Waals surface area contributed by atoms with Gasteiger partial charge in [0, 0.05) is 20.6 Å². The maximum Gasteiger partial charge on any atom is 0.472 e. The summed E-state index contributed by atoms with van der Waals surface area (Å²) < 4.78 is 37.8. The number of ether oxygens (including phenoxy) is 3. The van der Waals surface area contributed by atoms with E-state index in [1.54, 1.807) is 7.11 Å². The molecule has 0 amide bonds. The van der Waals surface area contributed by atoms with Crippen LogP contribution in [-0.4, -0.2) is 56.2 Å². The van der Waals surface area contributed by atoms with Crippen LogP contribution in [0.3, 0.4) is 0 Å². The molecule has 0 spiro atoms. The van der Waals surface area contributed by atoms with Crippen molar-refractivity contribution in [3.8, 4) is 0 Å². The summed E-state index contributed by atoms with van der Waals surface area (Å²) in [5.74, 6) is 0. The summed E-state index contributed by atoms with van der Waals surface area (Å²) in [4.78, 5) is 9.47. The van der Waals surface area contributed by atoms with Crippen molar-refractivity contribution in [2.45, 2.75) is 37.3 Å². The standard InChI is InChI=1S/C10H19O7P/c1-7-8-9(17-18(11,12)14-3)10(16-7,6-13-2)4-5-15-8/h7-9H,4-6H2,1-3H3,(H,11,12)/t7-,8+,9+,10+/m0/s1. The first-order valence-electron chi connectivity index (χ1n) is 5.79. The maximum atomic E-state index is 11.6. The number of hydrogen-bond donors (Lipinski definition) is 1. The first-order valence-corrected chi connectivity index (χ1v) is 7.29. The van der Waals surface area contributed by atoms with Gasteiger partial charge in [-0.15, -0.1) is 0 Å². The molecule has 2 heterocycles. The Kier molecular flexibility index (Phi) is 4.14. The summed E-state index contributed by atoms with van der Waals surface area (Å²) in [6.45, 7) is 2.64. The Hall–Kier alpha value is -0.0100. The van der Waals surface area contributed by atoms with Gasteiger partial charge < -0.3 is 19.1 Å². The van der Waals surface area contributed by atoms with Crippen LogP contribution < -0.4 is 0 Å². The Balaban J connectivity index is 2.22. The Morgan fingerprint density at radius 1 is 1.50 bits per heavy atom. The van der Waals surface area contributed by atoms with Crippen molar-refractivity contribution in [2.24, 2.45) is 0 Å². The van der Waals surface area contributed by atoms with E-state index in [0.717, 1.165) is 7.11 Å². The van der Waals surface area contributed by atoms with Gasteiger partial charge in [-0.05, 0) is 6.92 Å². The second-order valence-electron chi connectivity index (χ2n) is 4.58. The lowest BCUT2D eigenvalue weighted by Gasteiger charge is -2.38. The predicted molar refractivity (Wildman–Crippen MR) is 61.2 cm³/mol. The van der Waals surface area contributed by atoms with Gasteiger partial charge >= 0.3 is 7.82 Å². The van der Waals surface area contributed by atoms with E-state index in [9.17, 15) is 9.46 Å². The van der Waals surface area contributed by atoms with Crippen molar-refractivity contribution in [1.82, 2.24) is 0 Å². The molecule has 1 N–H and O–H groups in total. The topological polar surface area (TPSA) is 83.5 Å². The van der Waals surface area contributed by atoms with Crippen LogP contribution in [0.2, 0.25) is 0 Å². The molecule has 0 aromatic rings. The molecule has 0 radical (unpaired) electrons. The number of phosphoric ester groups is 1. The first-order chi connectivity index (χ1) is 8.44. The van der Waals surface area contributed by atoms with E-state index in [1.807, 2.05) is 6.92 Å². The van der Waals surface area contributed by atoms with Gasteiger partial charge in [-0.25, -0.2) is 4.57 Å². The van der Waals surface area contributed by atoms with Crippen molar-refractivity contribution in [3.63, 3.8) is 0 Å². The second kappa shape index (κ2) is 5.17. The van der Waals surface area contributed by atoms with Crippen LogP contribution in [0.15, 0.2) is 0 Å². The van der Waals surface area contributed by atoms with Crippen LogP contribution in [0.4, 0.5) is 0 Å². The summed E-state index contributed by atoms with van der Waals surface area (Å²) in [7, 11) is -1.41. The lowest BCUT2D eigenvalue weighted by molar-refractivity contribution is -0.141. The van der Waals surface area contributed by atoms with Gasteiger partial charge in [0.05, 0.1) is 19.3 Å². The molecular weight excluding hydrogens is 263 g/mol. The third-order valence-electron chi connectivity index (χ3n) is 3.40. The summed E-state index contributed by atoms with van der Waals surface area (Å²) in [6, 6.07) is 0. The molecule has 0 aromatic carbocycles. The Labute approximate surface area is 106 Å². The number of methoxy groups -OCH3 is 1. The molecule has 106 valence electrons. The van der Waals surface area contributed by atoms with Gasteiger partial charge in [0.25, 0.3) is 0 Å². The fraction of sp³-hybridized carbons (Fsp3) is 1.00. The van der Waals surface area contributed by atoms with Gasteiger partial charge in [0.1, 0.15) is 17.8 Å². The summed E-state index contributed by atoms with van der Waals surface area (Å²) in [6.07, 6.45) is -0.721. The quantitative estimate of drug-likeness (QED) is 0.743. The fourth-order valence-electron chi connectivity index (χ4n) is 2.62. The molecule has 8 heteroatoms. The molecule has 0 aliphatic carbocycles. The molecule has 2 aliphatic heterocycles. The summed E-state index contributed by atoms with van der Waals surface area (Å²) in [5, 5.41) is 0. The number of fused-ring (bicyclic) bond motifs is 2. The molecule has 2 rings (SSSR count). The van der Waals surface area contributed by atoms with Crippen molar-refractivity contribution in [1.29, 1.82) is 0 Å². The third-order valence-corrected chi connectivity index (χ3v) is 4.36. The van der Waals surface area contributed by atoms with Crippen LogP contribution in [0.1, 0.15) is 13.3 Å². The first kappa shape index (κ1) is 14.4. The Morgan fingerprint density at radius 2 is 2.22 bits per heavy atom. The molecule has 2 saturated heterocycles. The highest BCUT2D eigenvalue weighted by Crippen LogP contribution is 2.51. The third kappa shape index (κ3) is 2.49. The zero-order valence-corrected chi connectivity index (χ0v) is 11.6. The molecule has 1 unspecified atom stereocenters. The van der Waals surface area contributed by atoms with E-state index in [0.29, 0.717) is 13.0 Å². The van der Waals surface area contributed by atoms with Crippen LogP contribution in [-0.2, 0) is 27.8 Å². The van der Waals surface area contributed by atoms with Gasteiger partial charge in [-0.1, -0.05) is 0 Å². The summed E-state index contributed by atoms with van der Waals surface area (Å²) >= 11 is 0. The Bertz CT molecular complexity index is 345. The maximum absolute atomic E-state index is 11.6. The average Bonchev–Trinajstić information content (AvgIpc) is 2.47. The van der Waals surface area contributed by atoms with E-state index in [-0.39, 0.29) is 18.8 Å². The minimum absolute atomic E-state index is 0.218. The van der Waals surface area contributed by atoms with Crippen molar-refractivity contribution in [3.05, 3.63) is 0 Å². The highest BCUT2D eigenvalue weighted by molar-refractivity contribution is 7.47. The lowest BCUT2D eigenvalue weighted by atomic mass is 9.90. The monoisotopic (exact) mass is 282 g/mol. The van der Waals surface area contributed by atoms with Crippen molar-refractivity contribution >= 4 is 7.82 Å². The lowest BCUT2D eigenvalue weighted by Crippen LogP contribution is -2.52. The zero-order chi connectivity index (χ0) is 13.4. The molecule has 2 aliphatic rings. The van der Waals surface area contributed by atoms with Crippen molar-refractivity contribution < 1.29 is 32.7 Å². The van der Waals surface area contributed by atoms with E-state index >= 15 is 0 Å². The van der Waals surface area contributed by atoms with Crippen molar-refractivity contribution in [2.75, 3.05) is 27.4 Å². The fourth-order valence-corrected chi connectivity index (χ4v) is 3.30. The van der Waals surface area contributed by atoms with Crippen LogP contribution in [0.25, 0.3) is 0 Å². The minimum atomic E-state index is -4.08. The Morgan fingerprint density at radius 3 is 2.83 bits per heavy atom. The normalized spacial score (nSPS) is 42.8. The van der Waals surface area contributed by atoms with Gasteiger partial charge in [0.2, 0.25) is 0 Å². The van der Waals surface area contributed by atoms with E-state index < -0.39 is 19.5 Å². The molecule has 2 bridgehead atoms.